The average molecular weight is 266 g/mol. The Morgan fingerprint density at radius 3 is 2.94 bits per heavy atom. The van der Waals surface area contributed by atoms with Gasteiger partial charge in [0, 0.05) is 18.8 Å². The number of aromatic nitrogens is 4. The van der Waals surface area contributed by atoms with Crippen molar-refractivity contribution in [3.63, 3.8) is 0 Å². The third kappa shape index (κ3) is 3.04. The Bertz CT molecular complexity index is 497. The molecule has 0 unspecified atom stereocenters. The molecule has 6 nitrogen and oxygen atoms in total. The molecule has 0 saturated heterocycles. The third-order valence-electron chi connectivity index (χ3n) is 2.44. The van der Waals surface area contributed by atoms with Gasteiger partial charge in [0.15, 0.2) is 5.65 Å². The number of aromatic amines is 1. The van der Waals surface area contributed by atoms with Gasteiger partial charge in [-0.15, -0.1) is 0 Å². The number of fused-ring (bicyclic) bond motifs is 1. The summed E-state index contributed by atoms with van der Waals surface area (Å²) in [5, 5.41) is 14.3. The fraction of sp³-hybridized carbons (Fsp3) is 0.545. The molecule has 2 aromatic rings. The lowest BCUT2D eigenvalue weighted by molar-refractivity contribution is 0.954. The second kappa shape index (κ2) is 6.44. The molecule has 0 aliphatic carbocycles. The molecule has 0 atom stereocenters. The van der Waals surface area contributed by atoms with Gasteiger partial charge in [0.25, 0.3) is 0 Å². The SMILES string of the molecule is CCCNc1nc(NCCSC)c2cn[nH]c2n1. The van der Waals surface area contributed by atoms with Crippen LogP contribution < -0.4 is 10.6 Å². The first kappa shape index (κ1) is 12.9. The van der Waals surface area contributed by atoms with Crippen LogP contribution in [0.5, 0.6) is 0 Å². The summed E-state index contributed by atoms with van der Waals surface area (Å²) in [5.74, 6) is 2.52. The summed E-state index contributed by atoms with van der Waals surface area (Å²) in [4.78, 5) is 8.86. The van der Waals surface area contributed by atoms with Gasteiger partial charge in [-0.2, -0.15) is 26.8 Å². The van der Waals surface area contributed by atoms with Gasteiger partial charge in [0.1, 0.15) is 5.82 Å². The normalized spacial score (nSPS) is 10.8. The molecule has 0 amide bonds. The minimum atomic E-state index is 0.639. The first-order valence-electron chi connectivity index (χ1n) is 6.03. The van der Waals surface area contributed by atoms with Crippen LogP contribution in [0.4, 0.5) is 11.8 Å². The number of anilines is 2. The van der Waals surface area contributed by atoms with Crippen LogP contribution >= 0.6 is 11.8 Å². The minimum absolute atomic E-state index is 0.639. The molecule has 18 heavy (non-hydrogen) atoms. The summed E-state index contributed by atoms with van der Waals surface area (Å²) in [5.41, 5.74) is 0.759. The van der Waals surface area contributed by atoms with Gasteiger partial charge in [0.2, 0.25) is 5.95 Å². The van der Waals surface area contributed by atoms with E-state index >= 15 is 0 Å². The summed E-state index contributed by atoms with van der Waals surface area (Å²) < 4.78 is 0. The zero-order chi connectivity index (χ0) is 12.8. The standard InChI is InChI=1S/C11H18N6S/c1-3-4-13-11-15-9(12-5-6-18-2)8-7-14-17-10(8)16-11/h7H,3-6H2,1-2H3,(H3,12,13,14,15,16,17). The average Bonchev–Trinajstić information content (AvgIpc) is 2.85. The molecule has 0 spiro atoms. The van der Waals surface area contributed by atoms with Crippen LogP contribution in [-0.2, 0) is 0 Å². The maximum atomic E-state index is 4.48. The maximum absolute atomic E-state index is 4.48. The zero-order valence-electron chi connectivity index (χ0n) is 10.7. The lowest BCUT2D eigenvalue weighted by atomic mass is 10.4. The van der Waals surface area contributed by atoms with Gasteiger partial charge in [-0.25, -0.2) is 0 Å². The Morgan fingerprint density at radius 2 is 2.17 bits per heavy atom. The molecular weight excluding hydrogens is 248 g/mol. The Hall–Kier alpha value is -1.50. The molecule has 0 aromatic carbocycles. The molecule has 0 saturated carbocycles. The van der Waals surface area contributed by atoms with Gasteiger partial charge in [-0.1, -0.05) is 6.92 Å². The number of nitrogens with zero attached hydrogens (tertiary/aromatic N) is 3. The second-order valence-corrected chi connectivity index (χ2v) is 4.86. The molecule has 0 bridgehead atoms. The lowest BCUT2D eigenvalue weighted by Crippen LogP contribution is -2.10. The first-order chi connectivity index (χ1) is 8.85. The van der Waals surface area contributed by atoms with Gasteiger partial charge in [0.05, 0.1) is 11.6 Å². The smallest absolute Gasteiger partial charge is 0.226 e. The van der Waals surface area contributed by atoms with Gasteiger partial charge < -0.3 is 10.6 Å². The Balaban J connectivity index is 2.21. The lowest BCUT2D eigenvalue weighted by Gasteiger charge is -2.08. The predicted molar refractivity (Wildman–Crippen MR) is 77.3 cm³/mol. The largest absolute Gasteiger partial charge is 0.368 e. The third-order valence-corrected chi connectivity index (χ3v) is 3.05. The van der Waals surface area contributed by atoms with Crippen LogP contribution in [0.1, 0.15) is 13.3 Å². The monoisotopic (exact) mass is 266 g/mol. The second-order valence-electron chi connectivity index (χ2n) is 3.87. The quantitative estimate of drug-likeness (QED) is 0.665. The summed E-state index contributed by atoms with van der Waals surface area (Å²) in [6.45, 7) is 3.86. The van der Waals surface area contributed by atoms with E-state index in [1.165, 1.54) is 0 Å². The highest BCUT2D eigenvalue weighted by Gasteiger charge is 2.08. The highest BCUT2D eigenvalue weighted by Crippen LogP contribution is 2.19. The molecule has 3 N–H and O–H groups in total. The predicted octanol–water partition coefficient (Wildman–Crippen LogP) is 1.95. The van der Waals surface area contributed by atoms with Gasteiger partial charge >= 0.3 is 0 Å². The maximum Gasteiger partial charge on any atom is 0.226 e. The van der Waals surface area contributed by atoms with Crippen LogP contribution in [0.15, 0.2) is 6.20 Å². The Morgan fingerprint density at radius 1 is 1.28 bits per heavy atom. The molecule has 0 fully saturated rings. The Kier molecular flexibility index (Phi) is 4.63. The fourth-order valence-corrected chi connectivity index (χ4v) is 1.86. The first-order valence-corrected chi connectivity index (χ1v) is 7.42. The number of thioether (sulfide) groups is 1. The summed E-state index contributed by atoms with van der Waals surface area (Å²) in [6, 6.07) is 0. The highest BCUT2D eigenvalue weighted by molar-refractivity contribution is 7.98. The van der Waals surface area contributed by atoms with E-state index in [2.05, 4.69) is 44.0 Å². The van der Waals surface area contributed by atoms with E-state index in [1.807, 2.05) is 0 Å². The molecule has 98 valence electrons. The van der Waals surface area contributed by atoms with Crippen molar-refractivity contribution in [3.8, 4) is 0 Å². The Labute approximate surface area is 110 Å². The van der Waals surface area contributed by atoms with E-state index in [0.717, 1.165) is 42.1 Å². The van der Waals surface area contributed by atoms with Crippen molar-refractivity contribution in [1.82, 2.24) is 20.2 Å². The van der Waals surface area contributed by atoms with Crippen molar-refractivity contribution in [1.29, 1.82) is 0 Å². The number of H-pyrrole nitrogens is 1. The van der Waals surface area contributed by atoms with Gasteiger partial charge in [-0.3, -0.25) is 5.10 Å². The highest BCUT2D eigenvalue weighted by atomic mass is 32.2. The molecular formula is C11H18N6S. The van der Waals surface area contributed by atoms with Crippen LogP contribution in [0.2, 0.25) is 0 Å². The molecule has 2 aromatic heterocycles. The van der Waals surface area contributed by atoms with Crippen molar-refractivity contribution in [3.05, 3.63) is 6.20 Å². The summed E-state index contributed by atoms with van der Waals surface area (Å²) in [6.07, 6.45) is 4.88. The van der Waals surface area contributed by atoms with Crippen LogP contribution in [0.25, 0.3) is 11.0 Å². The number of rotatable bonds is 7. The van der Waals surface area contributed by atoms with Gasteiger partial charge in [-0.05, 0) is 12.7 Å². The topological polar surface area (TPSA) is 78.5 Å². The van der Waals surface area contributed by atoms with Crippen molar-refractivity contribution in [2.24, 2.45) is 0 Å². The fourth-order valence-electron chi connectivity index (χ4n) is 1.56. The number of nitrogens with one attached hydrogen (secondary N) is 3. The summed E-state index contributed by atoms with van der Waals surface area (Å²) in [7, 11) is 0. The van der Waals surface area contributed by atoms with Crippen molar-refractivity contribution >= 4 is 34.6 Å². The zero-order valence-corrected chi connectivity index (χ0v) is 11.5. The van der Waals surface area contributed by atoms with Crippen LogP contribution in [-0.4, -0.2) is 45.3 Å². The van der Waals surface area contributed by atoms with Crippen molar-refractivity contribution < 1.29 is 0 Å². The van der Waals surface area contributed by atoms with E-state index in [0.29, 0.717) is 5.95 Å². The van der Waals surface area contributed by atoms with E-state index in [4.69, 9.17) is 0 Å². The van der Waals surface area contributed by atoms with E-state index in [9.17, 15) is 0 Å². The number of hydrogen-bond donors (Lipinski definition) is 3. The van der Waals surface area contributed by atoms with Crippen molar-refractivity contribution in [2.45, 2.75) is 13.3 Å². The van der Waals surface area contributed by atoms with Crippen molar-refractivity contribution in [2.75, 3.05) is 35.7 Å². The molecule has 0 aliphatic rings. The van der Waals surface area contributed by atoms with Crippen LogP contribution in [0, 0.1) is 0 Å². The van der Waals surface area contributed by atoms with E-state index in [-0.39, 0.29) is 0 Å². The molecule has 2 heterocycles. The minimum Gasteiger partial charge on any atom is -0.368 e. The molecule has 7 heteroatoms. The summed E-state index contributed by atoms with van der Waals surface area (Å²) >= 11 is 1.80. The molecule has 0 aliphatic heterocycles. The van der Waals surface area contributed by atoms with E-state index < -0.39 is 0 Å². The van der Waals surface area contributed by atoms with Crippen LogP contribution in [0.3, 0.4) is 0 Å². The van der Waals surface area contributed by atoms with E-state index in [1.54, 1.807) is 18.0 Å². The molecule has 0 radical (unpaired) electrons. The molecule has 2 rings (SSSR count). The number of hydrogen-bond acceptors (Lipinski definition) is 6.